The predicted octanol–water partition coefficient (Wildman–Crippen LogP) is 2.54. The van der Waals surface area contributed by atoms with Crippen LogP contribution in [0.25, 0.3) is 0 Å². The number of rotatable bonds is 3. The van der Waals surface area contributed by atoms with E-state index >= 15 is 0 Å². The van der Waals surface area contributed by atoms with E-state index in [1.54, 1.807) is 24.4 Å². The fraction of sp³-hybridized carbons (Fsp3) is 0.143. The number of amides is 1. The number of hydrogen-bond acceptors (Lipinski definition) is 3. The first-order chi connectivity index (χ1) is 9.06. The van der Waals surface area contributed by atoms with E-state index in [-0.39, 0.29) is 11.5 Å². The monoisotopic (exact) mass is 259 g/mol. The Balaban J connectivity index is 2.10. The van der Waals surface area contributed by atoms with Crippen LogP contribution in [-0.2, 0) is 0 Å². The maximum absolute atomic E-state index is 13.0. The molecule has 0 fully saturated rings. The summed E-state index contributed by atoms with van der Waals surface area (Å²) in [6, 6.07) is 9.08. The molecule has 1 N–H and O–H groups in total. The summed E-state index contributed by atoms with van der Waals surface area (Å²) >= 11 is 0. The summed E-state index contributed by atoms with van der Waals surface area (Å²) in [5, 5.41) is 2.66. The van der Waals surface area contributed by atoms with Gasteiger partial charge in [0.2, 0.25) is 0 Å². The van der Waals surface area contributed by atoms with Crippen LogP contribution in [0.1, 0.15) is 10.4 Å². The number of aromatic nitrogens is 1. The number of benzene rings is 1. The van der Waals surface area contributed by atoms with Crippen molar-refractivity contribution in [1.82, 2.24) is 4.98 Å². The number of carbonyl (C=O) groups is 1. The molecule has 19 heavy (non-hydrogen) atoms. The molecule has 1 aromatic heterocycles. The molecule has 2 rings (SSSR count). The summed E-state index contributed by atoms with van der Waals surface area (Å²) < 4.78 is 13.0. The molecule has 0 atom stereocenters. The van der Waals surface area contributed by atoms with E-state index in [1.807, 2.05) is 19.0 Å². The first-order valence-electron chi connectivity index (χ1n) is 5.76. The second-order valence-electron chi connectivity index (χ2n) is 4.26. The fourth-order valence-electron chi connectivity index (χ4n) is 1.56. The minimum Gasteiger partial charge on any atom is -0.363 e. The third-order valence-electron chi connectivity index (χ3n) is 2.55. The van der Waals surface area contributed by atoms with Crippen molar-refractivity contribution in [2.24, 2.45) is 0 Å². The largest absolute Gasteiger partial charge is 0.363 e. The Kier molecular flexibility index (Phi) is 3.75. The average molecular weight is 259 g/mol. The highest BCUT2D eigenvalue weighted by atomic mass is 19.1. The first kappa shape index (κ1) is 13.0. The van der Waals surface area contributed by atoms with Crippen molar-refractivity contribution >= 4 is 17.4 Å². The van der Waals surface area contributed by atoms with Crippen LogP contribution in [0.5, 0.6) is 0 Å². The molecule has 0 aliphatic heterocycles. The Bertz CT molecular complexity index is 581. The van der Waals surface area contributed by atoms with Gasteiger partial charge in [0.15, 0.2) is 0 Å². The molecule has 5 heteroatoms. The normalized spacial score (nSPS) is 10.1. The quantitative estimate of drug-likeness (QED) is 0.921. The lowest BCUT2D eigenvalue weighted by Crippen LogP contribution is -2.13. The summed E-state index contributed by atoms with van der Waals surface area (Å²) in [7, 11) is 3.76. The van der Waals surface area contributed by atoms with Gasteiger partial charge in [-0.15, -0.1) is 0 Å². The lowest BCUT2D eigenvalue weighted by atomic mass is 10.2. The molecule has 4 nitrogen and oxygen atoms in total. The molecule has 2 aromatic rings. The fourth-order valence-corrected chi connectivity index (χ4v) is 1.56. The number of carbonyl (C=O) groups excluding carboxylic acids is 1. The van der Waals surface area contributed by atoms with Crippen LogP contribution in [0, 0.1) is 5.82 Å². The summed E-state index contributed by atoms with van der Waals surface area (Å²) in [5.41, 5.74) is 0.844. The van der Waals surface area contributed by atoms with Gasteiger partial charge in [0.1, 0.15) is 11.6 Å². The zero-order valence-electron chi connectivity index (χ0n) is 10.7. The van der Waals surface area contributed by atoms with Crippen LogP contribution in [0.3, 0.4) is 0 Å². The molecule has 0 radical (unpaired) electrons. The Morgan fingerprint density at radius 3 is 2.63 bits per heavy atom. The second-order valence-corrected chi connectivity index (χ2v) is 4.26. The van der Waals surface area contributed by atoms with E-state index in [0.717, 1.165) is 5.82 Å². The van der Waals surface area contributed by atoms with Crippen LogP contribution < -0.4 is 10.2 Å². The van der Waals surface area contributed by atoms with Crippen molar-refractivity contribution in [3.8, 4) is 0 Å². The van der Waals surface area contributed by atoms with Crippen LogP contribution in [0.2, 0.25) is 0 Å². The van der Waals surface area contributed by atoms with E-state index < -0.39 is 5.82 Å². The summed E-state index contributed by atoms with van der Waals surface area (Å²) in [4.78, 5) is 17.9. The van der Waals surface area contributed by atoms with Crippen molar-refractivity contribution in [3.05, 3.63) is 54.0 Å². The summed E-state index contributed by atoms with van der Waals surface area (Å²) in [6.45, 7) is 0. The zero-order valence-corrected chi connectivity index (χ0v) is 10.7. The third kappa shape index (κ3) is 3.28. The van der Waals surface area contributed by atoms with Gasteiger partial charge in [-0.05, 0) is 30.3 Å². The topological polar surface area (TPSA) is 45.2 Å². The van der Waals surface area contributed by atoms with Crippen LogP contribution in [-0.4, -0.2) is 25.0 Å². The number of nitrogens with one attached hydrogen (secondary N) is 1. The van der Waals surface area contributed by atoms with Gasteiger partial charge < -0.3 is 10.2 Å². The van der Waals surface area contributed by atoms with E-state index in [0.29, 0.717) is 5.69 Å². The lowest BCUT2D eigenvalue weighted by molar-refractivity contribution is 0.102. The smallest absolute Gasteiger partial charge is 0.255 e. The molecule has 0 saturated carbocycles. The molecule has 0 saturated heterocycles. The second kappa shape index (κ2) is 5.48. The molecule has 98 valence electrons. The van der Waals surface area contributed by atoms with Gasteiger partial charge >= 0.3 is 0 Å². The van der Waals surface area contributed by atoms with Gasteiger partial charge in [-0.3, -0.25) is 4.79 Å². The molecular weight excluding hydrogens is 245 g/mol. The predicted molar refractivity (Wildman–Crippen MR) is 72.9 cm³/mol. The Labute approximate surface area is 110 Å². The van der Waals surface area contributed by atoms with Crippen LogP contribution >= 0.6 is 0 Å². The van der Waals surface area contributed by atoms with E-state index in [2.05, 4.69) is 10.3 Å². The molecule has 0 unspecified atom stereocenters. The standard InChI is InChI=1S/C14H14FN3O/c1-18(2)13-7-6-12(9-16-13)17-14(19)10-4-3-5-11(15)8-10/h3-9H,1-2H3,(H,17,19). The van der Waals surface area contributed by atoms with E-state index in [9.17, 15) is 9.18 Å². The summed E-state index contributed by atoms with van der Waals surface area (Å²) in [5.74, 6) is -0.00334. The van der Waals surface area contributed by atoms with Gasteiger partial charge in [0.05, 0.1) is 11.9 Å². The molecule has 1 heterocycles. The highest BCUT2D eigenvalue weighted by Gasteiger charge is 2.07. The molecule has 0 bridgehead atoms. The van der Waals surface area contributed by atoms with Crippen molar-refractivity contribution < 1.29 is 9.18 Å². The molecule has 1 aromatic carbocycles. The molecule has 0 aliphatic rings. The van der Waals surface area contributed by atoms with Gasteiger partial charge in [-0.1, -0.05) is 6.07 Å². The first-order valence-corrected chi connectivity index (χ1v) is 5.76. The zero-order chi connectivity index (χ0) is 13.8. The minimum atomic E-state index is -0.436. The molecule has 0 aliphatic carbocycles. The lowest BCUT2D eigenvalue weighted by Gasteiger charge is -2.11. The van der Waals surface area contributed by atoms with Gasteiger partial charge in [0, 0.05) is 19.7 Å². The van der Waals surface area contributed by atoms with Gasteiger partial charge in [0.25, 0.3) is 5.91 Å². The maximum Gasteiger partial charge on any atom is 0.255 e. The van der Waals surface area contributed by atoms with Crippen LogP contribution in [0.15, 0.2) is 42.6 Å². The summed E-state index contributed by atoms with van der Waals surface area (Å²) in [6.07, 6.45) is 1.56. The van der Waals surface area contributed by atoms with E-state index in [4.69, 9.17) is 0 Å². The number of halogens is 1. The molecule has 1 amide bonds. The highest BCUT2D eigenvalue weighted by Crippen LogP contribution is 2.13. The molecule has 0 spiro atoms. The van der Waals surface area contributed by atoms with Gasteiger partial charge in [-0.25, -0.2) is 9.37 Å². The van der Waals surface area contributed by atoms with Crippen molar-refractivity contribution in [2.75, 3.05) is 24.3 Å². The maximum atomic E-state index is 13.0. The third-order valence-corrected chi connectivity index (χ3v) is 2.55. The molecular formula is C14H14FN3O. The average Bonchev–Trinajstić information content (AvgIpc) is 2.39. The van der Waals surface area contributed by atoms with Crippen LogP contribution in [0.4, 0.5) is 15.9 Å². The van der Waals surface area contributed by atoms with Gasteiger partial charge in [-0.2, -0.15) is 0 Å². The number of hydrogen-bond donors (Lipinski definition) is 1. The Hall–Kier alpha value is -2.43. The van der Waals surface area contributed by atoms with Crippen molar-refractivity contribution in [2.45, 2.75) is 0 Å². The Morgan fingerprint density at radius 2 is 2.05 bits per heavy atom. The number of nitrogens with zero attached hydrogens (tertiary/aromatic N) is 2. The van der Waals surface area contributed by atoms with Crippen molar-refractivity contribution in [1.29, 1.82) is 0 Å². The number of anilines is 2. The SMILES string of the molecule is CN(C)c1ccc(NC(=O)c2cccc(F)c2)cn1. The van der Waals surface area contributed by atoms with Crippen molar-refractivity contribution in [3.63, 3.8) is 0 Å². The van der Waals surface area contributed by atoms with E-state index in [1.165, 1.54) is 18.2 Å². The minimum absolute atomic E-state index is 0.275. The Morgan fingerprint density at radius 1 is 1.26 bits per heavy atom. The highest BCUT2D eigenvalue weighted by molar-refractivity contribution is 6.04. The number of pyridine rings is 1.